The molecule has 0 aromatic carbocycles. The summed E-state index contributed by atoms with van der Waals surface area (Å²) in [5, 5.41) is 8.66. The Kier molecular flexibility index (Phi) is 4.38. The second kappa shape index (κ2) is 5.10. The molecule has 0 saturated heterocycles. The highest BCUT2D eigenvalue weighted by Gasteiger charge is 2.10. The highest BCUT2D eigenvalue weighted by Crippen LogP contribution is 2.31. The molecular formula is C9H14BrNOS. The molecule has 1 rings (SSSR count). The van der Waals surface area contributed by atoms with E-state index in [1.807, 2.05) is 0 Å². The molecule has 0 spiro atoms. The van der Waals surface area contributed by atoms with E-state index in [1.165, 1.54) is 10.4 Å². The first-order valence-corrected chi connectivity index (χ1v) is 5.88. The summed E-state index contributed by atoms with van der Waals surface area (Å²) in [5.74, 6) is 0. The first-order chi connectivity index (χ1) is 6.15. The molecule has 0 radical (unpaired) electrons. The van der Waals surface area contributed by atoms with Crippen LogP contribution in [-0.2, 0) is 0 Å². The molecule has 1 atom stereocenters. The van der Waals surface area contributed by atoms with Crippen molar-refractivity contribution in [2.45, 2.75) is 25.8 Å². The summed E-state index contributed by atoms with van der Waals surface area (Å²) in [6.07, 6.45) is 1.62. The lowest BCUT2D eigenvalue weighted by atomic mass is 10.1. The number of nitrogens with two attached hydrogens (primary N) is 1. The van der Waals surface area contributed by atoms with Gasteiger partial charge in [0.25, 0.3) is 0 Å². The molecule has 74 valence electrons. The smallest absolute Gasteiger partial charge is 0.0731 e. The Morgan fingerprint density at radius 3 is 2.85 bits per heavy atom. The molecular weight excluding hydrogens is 250 g/mol. The molecule has 0 aliphatic rings. The summed E-state index contributed by atoms with van der Waals surface area (Å²) in [4.78, 5) is 1.19. The molecule has 0 amide bonds. The van der Waals surface area contributed by atoms with E-state index < -0.39 is 0 Å². The minimum atomic E-state index is 0.0714. The Bertz CT molecular complexity index is 255. The quantitative estimate of drug-likeness (QED) is 0.878. The fourth-order valence-electron chi connectivity index (χ4n) is 1.12. The normalized spacial score (nSPS) is 13.2. The molecule has 2 nitrogen and oxygen atoms in total. The number of hydrogen-bond donors (Lipinski definition) is 2. The molecule has 1 heterocycles. The fourth-order valence-corrected chi connectivity index (χ4v) is 2.73. The van der Waals surface area contributed by atoms with Gasteiger partial charge in [0.2, 0.25) is 0 Å². The second-order valence-corrected chi connectivity index (χ2v) is 5.48. The van der Waals surface area contributed by atoms with Gasteiger partial charge in [0.05, 0.1) is 3.79 Å². The molecule has 0 saturated carbocycles. The Balaban J connectivity index is 2.60. The molecule has 13 heavy (non-hydrogen) atoms. The third-order valence-electron chi connectivity index (χ3n) is 1.91. The molecule has 1 aromatic heterocycles. The number of aliphatic hydroxyl groups excluding tert-OH is 1. The van der Waals surface area contributed by atoms with Crippen LogP contribution in [0.3, 0.4) is 0 Å². The lowest BCUT2D eigenvalue weighted by Crippen LogP contribution is -2.08. The van der Waals surface area contributed by atoms with Gasteiger partial charge < -0.3 is 10.8 Å². The number of aryl methyl sites for hydroxylation is 1. The Labute approximate surface area is 90.9 Å². The average molecular weight is 264 g/mol. The van der Waals surface area contributed by atoms with Gasteiger partial charge in [-0.1, -0.05) is 0 Å². The monoisotopic (exact) mass is 263 g/mol. The minimum absolute atomic E-state index is 0.0714. The van der Waals surface area contributed by atoms with E-state index in [-0.39, 0.29) is 12.6 Å². The van der Waals surface area contributed by atoms with Crippen LogP contribution in [0.2, 0.25) is 0 Å². The number of halogens is 1. The van der Waals surface area contributed by atoms with E-state index in [1.54, 1.807) is 11.3 Å². The van der Waals surface area contributed by atoms with Crippen LogP contribution < -0.4 is 5.73 Å². The number of rotatable bonds is 4. The van der Waals surface area contributed by atoms with E-state index in [0.717, 1.165) is 16.6 Å². The lowest BCUT2D eigenvalue weighted by Gasteiger charge is -2.06. The van der Waals surface area contributed by atoms with E-state index in [4.69, 9.17) is 10.8 Å². The van der Waals surface area contributed by atoms with E-state index in [9.17, 15) is 0 Å². The molecule has 0 unspecified atom stereocenters. The molecule has 0 aliphatic heterocycles. The zero-order valence-electron chi connectivity index (χ0n) is 7.59. The van der Waals surface area contributed by atoms with Crippen molar-refractivity contribution in [2.75, 3.05) is 6.61 Å². The zero-order valence-corrected chi connectivity index (χ0v) is 9.99. The summed E-state index contributed by atoms with van der Waals surface area (Å²) in [6, 6.07) is 2.18. The van der Waals surface area contributed by atoms with E-state index in [2.05, 4.69) is 28.9 Å². The molecule has 0 fully saturated rings. The lowest BCUT2D eigenvalue weighted by molar-refractivity contribution is 0.280. The Hall–Kier alpha value is 0.100. The van der Waals surface area contributed by atoms with Gasteiger partial charge in [-0.3, -0.25) is 0 Å². The van der Waals surface area contributed by atoms with Crippen molar-refractivity contribution in [2.24, 2.45) is 5.73 Å². The van der Waals surface area contributed by atoms with E-state index in [0.29, 0.717) is 0 Å². The third kappa shape index (κ3) is 3.06. The van der Waals surface area contributed by atoms with Crippen LogP contribution in [0.1, 0.15) is 29.3 Å². The largest absolute Gasteiger partial charge is 0.396 e. The van der Waals surface area contributed by atoms with Crippen molar-refractivity contribution in [3.63, 3.8) is 0 Å². The minimum Gasteiger partial charge on any atom is -0.396 e. The Morgan fingerprint density at radius 2 is 2.38 bits per heavy atom. The zero-order chi connectivity index (χ0) is 9.84. The van der Waals surface area contributed by atoms with Crippen LogP contribution in [-0.4, -0.2) is 11.7 Å². The van der Waals surface area contributed by atoms with Crippen LogP contribution in [0.4, 0.5) is 0 Å². The van der Waals surface area contributed by atoms with Gasteiger partial charge in [0.1, 0.15) is 0 Å². The van der Waals surface area contributed by atoms with Gasteiger partial charge in [0.15, 0.2) is 0 Å². The summed E-state index contributed by atoms with van der Waals surface area (Å²) in [7, 11) is 0. The second-order valence-electron chi connectivity index (χ2n) is 3.08. The highest BCUT2D eigenvalue weighted by molar-refractivity contribution is 9.11. The van der Waals surface area contributed by atoms with Crippen LogP contribution >= 0.6 is 27.3 Å². The molecule has 1 aromatic rings. The van der Waals surface area contributed by atoms with Crippen LogP contribution in [0.5, 0.6) is 0 Å². The van der Waals surface area contributed by atoms with Crippen LogP contribution in [0.15, 0.2) is 9.85 Å². The molecule has 4 heteroatoms. The average Bonchev–Trinajstić information content (AvgIpc) is 2.43. The van der Waals surface area contributed by atoms with Crippen molar-refractivity contribution in [1.29, 1.82) is 0 Å². The number of hydrogen-bond acceptors (Lipinski definition) is 3. The van der Waals surface area contributed by atoms with Crippen molar-refractivity contribution in [3.8, 4) is 0 Å². The molecule has 3 N–H and O–H groups in total. The Morgan fingerprint density at radius 1 is 1.69 bits per heavy atom. The topological polar surface area (TPSA) is 46.2 Å². The highest BCUT2D eigenvalue weighted by atomic mass is 79.9. The maximum absolute atomic E-state index is 8.66. The summed E-state index contributed by atoms with van der Waals surface area (Å²) in [6.45, 7) is 2.28. The third-order valence-corrected chi connectivity index (χ3v) is 4.18. The summed E-state index contributed by atoms with van der Waals surface area (Å²) in [5.41, 5.74) is 7.18. The van der Waals surface area contributed by atoms with Gasteiger partial charge in [-0.25, -0.2) is 0 Å². The number of thiophene rings is 1. The maximum Gasteiger partial charge on any atom is 0.0731 e. The van der Waals surface area contributed by atoms with Crippen molar-refractivity contribution in [1.82, 2.24) is 0 Å². The SMILES string of the molecule is Cc1cc([C@@H](N)CCCO)sc1Br. The summed E-state index contributed by atoms with van der Waals surface area (Å²) < 4.78 is 1.15. The first kappa shape index (κ1) is 11.2. The van der Waals surface area contributed by atoms with Gasteiger partial charge in [-0.2, -0.15) is 0 Å². The van der Waals surface area contributed by atoms with Gasteiger partial charge in [-0.05, 0) is 47.3 Å². The van der Waals surface area contributed by atoms with Crippen molar-refractivity contribution in [3.05, 3.63) is 20.3 Å². The maximum atomic E-state index is 8.66. The summed E-state index contributed by atoms with van der Waals surface area (Å²) >= 11 is 5.15. The standard InChI is InChI=1S/C9H14BrNOS/c1-6-5-8(13-9(6)10)7(11)3-2-4-12/h5,7,12H,2-4,11H2,1H3/t7-/m0/s1. The molecule has 0 bridgehead atoms. The van der Waals surface area contributed by atoms with Crippen molar-refractivity contribution >= 4 is 27.3 Å². The fraction of sp³-hybridized carbons (Fsp3) is 0.556. The van der Waals surface area contributed by atoms with Gasteiger partial charge in [0, 0.05) is 17.5 Å². The first-order valence-electron chi connectivity index (χ1n) is 4.27. The predicted molar refractivity (Wildman–Crippen MR) is 60.0 cm³/mol. The number of aliphatic hydroxyl groups is 1. The van der Waals surface area contributed by atoms with Crippen LogP contribution in [0, 0.1) is 6.92 Å². The molecule has 0 aliphatic carbocycles. The van der Waals surface area contributed by atoms with Crippen molar-refractivity contribution < 1.29 is 5.11 Å². The predicted octanol–water partition coefficient (Wildman–Crippen LogP) is 2.59. The van der Waals surface area contributed by atoms with Crippen LogP contribution in [0.25, 0.3) is 0 Å². The van der Waals surface area contributed by atoms with E-state index >= 15 is 0 Å². The van der Waals surface area contributed by atoms with Gasteiger partial charge >= 0.3 is 0 Å². The van der Waals surface area contributed by atoms with Gasteiger partial charge in [-0.15, -0.1) is 11.3 Å².